The summed E-state index contributed by atoms with van der Waals surface area (Å²) in [6.45, 7) is 6.36. The summed E-state index contributed by atoms with van der Waals surface area (Å²) in [7, 11) is 0. The van der Waals surface area contributed by atoms with E-state index in [4.69, 9.17) is 0 Å². The molecule has 150 valence electrons. The lowest BCUT2D eigenvalue weighted by Crippen LogP contribution is -2.54. The second-order valence-electron chi connectivity index (χ2n) is 8.38. The second-order valence-corrected chi connectivity index (χ2v) is 8.38. The van der Waals surface area contributed by atoms with Crippen molar-refractivity contribution in [2.45, 2.75) is 51.1 Å². The van der Waals surface area contributed by atoms with Crippen LogP contribution in [-0.2, 0) is 9.59 Å². The number of nitrogens with one attached hydrogen (secondary N) is 2. The highest BCUT2D eigenvalue weighted by atomic mass is 16.2. The molecule has 0 aromatic heterocycles. The summed E-state index contributed by atoms with van der Waals surface area (Å²) in [6.07, 6.45) is 2.50. The smallest absolute Gasteiger partial charge is 0.322 e. The van der Waals surface area contributed by atoms with Gasteiger partial charge in [0.2, 0.25) is 5.91 Å². The van der Waals surface area contributed by atoms with Gasteiger partial charge in [0.05, 0.1) is 0 Å². The maximum Gasteiger partial charge on any atom is 0.322 e. The van der Waals surface area contributed by atoms with Crippen LogP contribution in [0.3, 0.4) is 0 Å². The number of amides is 4. The minimum atomic E-state index is -0.887. The third-order valence-electron chi connectivity index (χ3n) is 6.29. The topological polar surface area (TPSA) is 81.8 Å². The molecule has 0 unspecified atom stereocenters. The van der Waals surface area contributed by atoms with Gasteiger partial charge in [0, 0.05) is 37.8 Å². The Kier molecular flexibility index (Phi) is 4.77. The van der Waals surface area contributed by atoms with Crippen molar-refractivity contribution in [3.63, 3.8) is 0 Å². The number of piperazine rings is 1. The molecule has 7 heteroatoms. The van der Waals surface area contributed by atoms with Crippen molar-refractivity contribution in [1.82, 2.24) is 15.5 Å². The third kappa shape index (κ3) is 3.45. The molecule has 3 aliphatic rings. The molecule has 0 bridgehead atoms. The Morgan fingerprint density at radius 1 is 1.25 bits per heavy atom. The van der Waals surface area contributed by atoms with Gasteiger partial charge in [-0.05, 0) is 56.7 Å². The number of imide groups is 1. The Hall–Kier alpha value is -2.57. The number of benzene rings is 1. The molecule has 4 amide bonds. The van der Waals surface area contributed by atoms with Crippen molar-refractivity contribution in [3.8, 4) is 0 Å². The first-order valence-electron chi connectivity index (χ1n) is 10.1. The van der Waals surface area contributed by atoms with E-state index in [1.165, 1.54) is 11.3 Å². The molecular formula is C21H28N4O3. The normalized spacial score (nSPS) is 27.6. The van der Waals surface area contributed by atoms with E-state index in [-0.39, 0.29) is 30.2 Å². The summed E-state index contributed by atoms with van der Waals surface area (Å²) in [5.74, 6) is -0.0565. The van der Waals surface area contributed by atoms with Crippen LogP contribution in [0.25, 0.3) is 0 Å². The van der Waals surface area contributed by atoms with Crippen molar-refractivity contribution >= 4 is 23.5 Å². The molecule has 3 fully saturated rings. The fourth-order valence-electron chi connectivity index (χ4n) is 4.59. The molecule has 2 saturated heterocycles. The predicted octanol–water partition coefficient (Wildman–Crippen LogP) is 1.80. The Morgan fingerprint density at radius 3 is 2.64 bits per heavy atom. The van der Waals surface area contributed by atoms with Crippen LogP contribution >= 0.6 is 0 Å². The number of urea groups is 1. The van der Waals surface area contributed by atoms with E-state index in [9.17, 15) is 14.4 Å². The van der Waals surface area contributed by atoms with E-state index in [0.29, 0.717) is 19.5 Å². The quantitative estimate of drug-likeness (QED) is 0.759. The van der Waals surface area contributed by atoms with E-state index in [0.717, 1.165) is 19.4 Å². The van der Waals surface area contributed by atoms with Crippen LogP contribution in [-0.4, -0.2) is 54.0 Å². The van der Waals surface area contributed by atoms with Crippen LogP contribution in [0, 0.1) is 12.8 Å². The van der Waals surface area contributed by atoms with Crippen LogP contribution in [0.5, 0.6) is 0 Å². The van der Waals surface area contributed by atoms with E-state index in [1.807, 2.05) is 4.90 Å². The van der Waals surface area contributed by atoms with Gasteiger partial charge in [-0.25, -0.2) is 4.79 Å². The standard InChI is InChI=1S/C21H28N4O3/c1-14-4-3-5-17(12-14)25-11-10-24(13-15(25)2)18(26)8-9-21(16-6-7-16)19(27)22-20(28)23-21/h3-5,12,15-16H,6-11,13H2,1-2H3,(H2,22,23,27,28)/t15-,21-/m0/s1. The molecule has 0 radical (unpaired) electrons. The van der Waals surface area contributed by atoms with Crippen LogP contribution in [0.2, 0.25) is 0 Å². The first-order valence-corrected chi connectivity index (χ1v) is 10.1. The van der Waals surface area contributed by atoms with Crippen molar-refractivity contribution in [2.24, 2.45) is 5.92 Å². The van der Waals surface area contributed by atoms with Gasteiger partial charge in [-0.15, -0.1) is 0 Å². The molecule has 1 aromatic rings. The third-order valence-corrected chi connectivity index (χ3v) is 6.29. The molecule has 2 atom stereocenters. The summed E-state index contributed by atoms with van der Waals surface area (Å²) in [5, 5.41) is 5.15. The molecule has 4 rings (SSSR count). The zero-order chi connectivity index (χ0) is 19.9. The molecule has 2 N–H and O–H groups in total. The Labute approximate surface area is 165 Å². The van der Waals surface area contributed by atoms with Crippen molar-refractivity contribution in [3.05, 3.63) is 29.8 Å². The lowest BCUT2D eigenvalue weighted by molar-refractivity contribution is -0.133. The number of aryl methyl sites for hydroxylation is 1. The van der Waals surface area contributed by atoms with Gasteiger partial charge in [-0.2, -0.15) is 0 Å². The number of hydrogen-bond acceptors (Lipinski definition) is 4. The van der Waals surface area contributed by atoms with Gasteiger partial charge >= 0.3 is 6.03 Å². The number of carbonyl (C=O) groups excluding carboxylic acids is 3. The molecule has 1 aromatic carbocycles. The highest BCUT2D eigenvalue weighted by Gasteiger charge is 2.55. The lowest BCUT2D eigenvalue weighted by Gasteiger charge is -2.41. The molecule has 1 aliphatic carbocycles. The van der Waals surface area contributed by atoms with Gasteiger partial charge in [0.1, 0.15) is 5.54 Å². The largest absolute Gasteiger partial charge is 0.365 e. The zero-order valence-electron chi connectivity index (χ0n) is 16.5. The number of rotatable bonds is 5. The fourth-order valence-corrected chi connectivity index (χ4v) is 4.59. The Balaban J connectivity index is 1.36. The van der Waals surface area contributed by atoms with Gasteiger partial charge in [-0.1, -0.05) is 12.1 Å². The molecule has 7 nitrogen and oxygen atoms in total. The van der Waals surface area contributed by atoms with Gasteiger partial charge < -0.3 is 15.1 Å². The average Bonchev–Trinajstić information content (AvgIpc) is 3.46. The lowest BCUT2D eigenvalue weighted by atomic mass is 9.87. The molecule has 1 saturated carbocycles. The number of nitrogens with zero attached hydrogens (tertiary/aromatic N) is 2. The minimum Gasteiger partial charge on any atom is -0.365 e. The first-order chi connectivity index (χ1) is 13.4. The highest BCUT2D eigenvalue weighted by Crippen LogP contribution is 2.43. The molecule has 2 heterocycles. The number of anilines is 1. The van der Waals surface area contributed by atoms with Crippen molar-refractivity contribution in [2.75, 3.05) is 24.5 Å². The number of carbonyl (C=O) groups is 3. The Bertz CT molecular complexity index is 807. The molecule has 0 spiro atoms. The molecule has 2 aliphatic heterocycles. The van der Waals surface area contributed by atoms with E-state index >= 15 is 0 Å². The van der Waals surface area contributed by atoms with Gasteiger partial charge in [0.25, 0.3) is 5.91 Å². The summed E-state index contributed by atoms with van der Waals surface area (Å²) >= 11 is 0. The molecule has 28 heavy (non-hydrogen) atoms. The van der Waals surface area contributed by atoms with Crippen LogP contribution in [0.1, 0.15) is 38.2 Å². The predicted molar refractivity (Wildman–Crippen MR) is 106 cm³/mol. The molecular weight excluding hydrogens is 356 g/mol. The summed E-state index contributed by atoms with van der Waals surface area (Å²) in [6, 6.07) is 8.22. The van der Waals surface area contributed by atoms with E-state index < -0.39 is 11.6 Å². The van der Waals surface area contributed by atoms with Crippen molar-refractivity contribution in [1.29, 1.82) is 0 Å². The summed E-state index contributed by atoms with van der Waals surface area (Å²) in [4.78, 5) is 41.0. The maximum atomic E-state index is 12.8. The minimum absolute atomic E-state index is 0.0599. The number of hydrogen-bond donors (Lipinski definition) is 2. The first kappa shape index (κ1) is 18.8. The summed E-state index contributed by atoms with van der Waals surface area (Å²) in [5.41, 5.74) is 1.53. The van der Waals surface area contributed by atoms with Crippen LogP contribution < -0.4 is 15.5 Å². The summed E-state index contributed by atoms with van der Waals surface area (Å²) < 4.78 is 0. The van der Waals surface area contributed by atoms with E-state index in [1.54, 1.807) is 0 Å². The van der Waals surface area contributed by atoms with E-state index in [2.05, 4.69) is 53.6 Å². The van der Waals surface area contributed by atoms with Gasteiger partial charge in [-0.3, -0.25) is 14.9 Å². The van der Waals surface area contributed by atoms with Gasteiger partial charge in [0.15, 0.2) is 0 Å². The zero-order valence-corrected chi connectivity index (χ0v) is 16.5. The second kappa shape index (κ2) is 7.11. The monoisotopic (exact) mass is 384 g/mol. The van der Waals surface area contributed by atoms with Crippen molar-refractivity contribution < 1.29 is 14.4 Å². The SMILES string of the molecule is Cc1cccc(N2CCN(C(=O)CC[C@@]3(C4CC4)NC(=O)NC3=O)C[C@@H]2C)c1. The van der Waals surface area contributed by atoms with Crippen LogP contribution in [0.4, 0.5) is 10.5 Å². The Morgan fingerprint density at radius 2 is 2.04 bits per heavy atom. The maximum absolute atomic E-state index is 12.8. The fraction of sp³-hybridized carbons (Fsp3) is 0.571. The van der Waals surface area contributed by atoms with Crippen LogP contribution in [0.15, 0.2) is 24.3 Å². The average molecular weight is 384 g/mol. The highest BCUT2D eigenvalue weighted by molar-refractivity contribution is 6.07.